The molecule has 2 aromatic carbocycles. The molecule has 2 aliphatic rings. The monoisotopic (exact) mass is 334 g/mol. The molecule has 0 saturated carbocycles. The van der Waals surface area contributed by atoms with E-state index in [9.17, 15) is 9.59 Å². The lowest BCUT2D eigenvalue weighted by atomic mass is 10.1. The van der Waals surface area contributed by atoms with Crippen LogP contribution in [-0.4, -0.2) is 28.9 Å². The fourth-order valence-electron chi connectivity index (χ4n) is 3.26. The summed E-state index contributed by atoms with van der Waals surface area (Å²) >= 11 is 0. The Labute approximate surface area is 145 Å². The third kappa shape index (κ3) is 2.59. The van der Waals surface area contributed by atoms with E-state index in [1.807, 2.05) is 54.6 Å². The van der Waals surface area contributed by atoms with Gasteiger partial charge in [0.2, 0.25) is 0 Å². The maximum Gasteiger partial charge on any atom is 0.263 e. The van der Waals surface area contributed by atoms with Crippen LogP contribution in [0.25, 0.3) is 0 Å². The van der Waals surface area contributed by atoms with Crippen LogP contribution in [0.4, 0.5) is 5.69 Å². The molecule has 2 aromatic rings. The van der Waals surface area contributed by atoms with E-state index in [1.165, 1.54) is 4.90 Å². The van der Waals surface area contributed by atoms with Gasteiger partial charge in [-0.3, -0.25) is 14.6 Å². The first-order valence-electron chi connectivity index (χ1n) is 8.37. The van der Waals surface area contributed by atoms with Crippen LogP contribution < -0.4 is 4.90 Å². The summed E-state index contributed by atoms with van der Waals surface area (Å²) in [6, 6.07) is 15.8. The molecule has 6 nitrogen and oxygen atoms in total. The normalized spacial score (nSPS) is 22.0. The van der Waals surface area contributed by atoms with Crippen molar-refractivity contribution >= 4 is 17.5 Å². The maximum absolute atomic E-state index is 12.9. The Bertz CT molecular complexity index is 832. The summed E-state index contributed by atoms with van der Waals surface area (Å²) in [4.78, 5) is 26.8. The SMILES string of the molecule is CCc1ccc(N2C(=O)[C@@H]3[C@@H](N=NN3Cc3ccccc3)C2=O)cc1. The topological polar surface area (TPSA) is 65.3 Å². The number of rotatable bonds is 4. The zero-order chi connectivity index (χ0) is 17.4. The van der Waals surface area contributed by atoms with Gasteiger partial charge in [0, 0.05) is 0 Å². The lowest BCUT2D eigenvalue weighted by Gasteiger charge is -2.20. The number of hydrogen-bond donors (Lipinski definition) is 0. The van der Waals surface area contributed by atoms with Crippen LogP contribution in [0.5, 0.6) is 0 Å². The van der Waals surface area contributed by atoms with Crippen LogP contribution in [0.2, 0.25) is 0 Å². The summed E-state index contributed by atoms with van der Waals surface area (Å²) < 4.78 is 0. The quantitative estimate of drug-likeness (QED) is 0.808. The predicted molar refractivity (Wildman–Crippen MR) is 92.7 cm³/mol. The van der Waals surface area contributed by atoms with Crippen LogP contribution in [0.1, 0.15) is 18.1 Å². The van der Waals surface area contributed by atoms with Crippen LogP contribution in [0, 0.1) is 0 Å². The Morgan fingerprint density at radius 3 is 2.32 bits per heavy atom. The summed E-state index contributed by atoms with van der Waals surface area (Å²) in [7, 11) is 0. The molecule has 2 atom stereocenters. The van der Waals surface area contributed by atoms with Gasteiger partial charge in [-0.1, -0.05) is 54.6 Å². The highest BCUT2D eigenvalue weighted by Crippen LogP contribution is 2.32. The van der Waals surface area contributed by atoms with E-state index in [4.69, 9.17) is 0 Å². The van der Waals surface area contributed by atoms with Crippen molar-refractivity contribution in [2.24, 2.45) is 10.3 Å². The molecule has 1 fully saturated rings. The van der Waals surface area contributed by atoms with Gasteiger partial charge in [-0.15, -0.1) is 0 Å². The summed E-state index contributed by atoms with van der Waals surface area (Å²) in [5, 5.41) is 9.73. The van der Waals surface area contributed by atoms with E-state index in [2.05, 4.69) is 17.3 Å². The molecule has 1 saturated heterocycles. The standard InChI is InChI=1S/C19H18N4O2/c1-2-13-8-10-15(11-9-13)23-18(24)16-17(19(23)25)22(21-20-16)12-14-6-4-3-5-7-14/h3-11,16-17H,2,12H2,1H3/t16-,17+/m1/s1. The first kappa shape index (κ1) is 15.5. The first-order chi connectivity index (χ1) is 12.2. The number of nitrogens with zero attached hydrogens (tertiary/aromatic N) is 4. The summed E-state index contributed by atoms with van der Waals surface area (Å²) in [5.41, 5.74) is 2.78. The number of amides is 2. The summed E-state index contributed by atoms with van der Waals surface area (Å²) in [6.45, 7) is 2.51. The van der Waals surface area contributed by atoms with Crippen molar-refractivity contribution in [1.82, 2.24) is 5.01 Å². The third-order valence-electron chi connectivity index (χ3n) is 4.65. The van der Waals surface area contributed by atoms with Crippen molar-refractivity contribution in [2.75, 3.05) is 4.90 Å². The van der Waals surface area contributed by atoms with Crippen LogP contribution in [0.3, 0.4) is 0 Å². The molecular weight excluding hydrogens is 316 g/mol. The van der Waals surface area contributed by atoms with Crippen molar-refractivity contribution in [3.05, 3.63) is 65.7 Å². The van der Waals surface area contributed by atoms with E-state index in [0.717, 1.165) is 17.5 Å². The number of imide groups is 1. The van der Waals surface area contributed by atoms with E-state index in [-0.39, 0.29) is 11.8 Å². The molecule has 2 heterocycles. The largest absolute Gasteiger partial charge is 0.271 e. The van der Waals surface area contributed by atoms with Crippen molar-refractivity contribution < 1.29 is 9.59 Å². The van der Waals surface area contributed by atoms with Gasteiger partial charge >= 0.3 is 0 Å². The number of benzene rings is 2. The highest BCUT2D eigenvalue weighted by Gasteiger charge is 2.54. The maximum atomic E-state index is 12.9. The summed E-state index contributed by atoms with van der Waals surface area (Å²) in [5.74, 6) is -0.571. The zero-order valence-corrected chi connectivity index (χ0v) is 13.9. The molecule has 0 bridgehead atoms. The van der Waals surface area contributed by atoms with Crippen molar-refractivity contribution in [2.45, 2.75) is 32.0 Å². The number of anilines is 1. The Balaban J connectivity index is 1.59. The molecule has 2 aliphatic heterocycles. The highest BCUT2D eigenvalue weighted by molar-refractivity contribution is 6.25. The fourth-order valence-corrected chi connectivity index (χ4v) is 3.26. The van der Waals surface area contributed by atoms with Crippen LogP contribution in [0.15, 0.2) is 64.9 Å². The second-order valence-electron chi connectivity index (χ2n) is 6.21. The smallest absolute Gasteiger partial charge is 0.263 e. The molecule has 0 unspecified atom stereocenters. The molecule has 2 amide bonds. The average Bonchev–Trinajstić information content (AvgIpc) is 3.16. The van der Waals surface area contributed by atoms with Gasteiger partial charge in [-0.25, -0.2) is 4.90 Å². The number of aryl methyl sites for hydroxylation is 1. The minimum Gasteiger partial charge on any atom is -0.271 e. The molecule has 6 heteroatoms. The molecule has 0 N–H and O–H groups in total. The summed E-state index contributed by atoms with van der Waals surface area (Å²) in [6.07, 6.45) is 0.909. The fraction of sp³-hybridized carbons (Fsp3) is 0.263. The van der Waals surface area contributed by atoms with Gasteiger partial charge in [0.15, 0.2) is 12.1 Å². The van der Waals surface area contributed by atoms with Gasteiger partial charge < -0.3 is 0 Å². The Kier molecular flexibility index (Phi) is 3.80. The lowest BCUT2D eigenvalue weighted by molar-refractivity contribution is -0.123. The minimum absolute atomic E-state index is 0.264. The number of fused-ring (bicyclic) bond motifs is 1. The van der Waals surface area contributed by atoms with Gasteiger partial charge in [-0.05, 0) is 29.7 Å². The second-order valence-corrected chi connectivity index (χ2v) is 6.21. The molecule has 126 valence electrons. The minimum atomic E-state index is -0.748. The number of hydrogen-bond acceptors (Lipinski definition) is 5. The van der Waals surface area contributed by atoms with Crippen LogP contribution in [-0.2, 0) is 22.6 Å². The molecule has 0 radical (unpaired) electrons. The number of carbonyl (C=O) groups excluding carboxylic acids is 2. The molecular formula is C19H18N4O2. The van der Waals surface area contributed by atoms with Gasteiger partial charge in [0.25, 0.3) is 11.8 Å². The number of carbonyl (C=O) groups is 2. The highest BCUT2D eigenvalue weighted by atomic mass is 16.2. The Morgan fingerprint density at radius 1 is 0.920 bits per heavy atom. The Morgan fingerprint density at radius 2 is 1.64 bits per heavy atom. The molecule has 0 aromatic heterocycles. The van der Waals surface area contributed by atoms with E-state index in [0.29, 0.717) is 12.2 Å². The van der Waals surface area contributed by atoms with E-state index >= 15 is 0 Å². The van der Waals surface area contributed by atoms with Crippen molar-refractivity contribution in [3.8, 4) is 0 Å². The average molecular weight is 334 g/mol. The zero-order valence-electron chi connectivity index (χ0n) is 13.9. The molecule has 0 spiro atoms. The van der Waals surface area contributed by atoms with Gasteiger partial charge in [0.1, 0.15) is 0 Å². The third-order valence-corrected chi connectivity index (χ3v) is 4.65. The molecule has 0 aliphatic carbocycles. The van der Waals surface area contributed by atoms with E-state index in [1.54, 1.807) is 5.01 Å². The lowest BCUT2D eigenvalue weighted by Crippen LogP contribution is -2.39. The van der Waals surface area contributed by atoms with Gasteiger partial charge in [-0.2, -0.15) is 5.11 Å². The predicted octanol–water partition coefficient (Wildman–Crippen LogP) is 2.74. The van der Waals surface area contributed by atoms with E-state index < -0.39 is 12.1 Å². The van der Waals surface area contributed by atoms with Crippen LogP contribution >= 0.6 is 0 Å². The first-order valence-corrected chi connectivity index (χ1v) is 8.37. The van der Waals surface area contributed by atoms with Crippen molar-refractivity contribution in [1.29, 1.82) is 0 Å². The molecule has 4 rings (SSSR count). The molecule has 25 heavy (non-hydrogen) atoms. The Hall–Kier alpha value is -3.02. The van der Waals surface area contributed by atoms with Gasteiger partial charge in [0.05, 0.1) is 12.2 Å². The second kappa shape index (κ2) is 6.12. The van der Waals surface area contributed by atoms with Crippen molar-refractivity contribution in [3.63, 3.8) is 0 Å².